The van der Waals surface area contributed by atoms with Gasteiger partial charge in [0.25, 0.3) is 0 Å². The average molecular weight is 431 g/mol. The van der Waals surface area contributed by atoms with Crippen molar-refractivity contribution in [1.29, 1.82) is 0 Å². The van der Waals surface area contributed by atoms with E-state index in [4.69, 9.17) is 9.47 Å². The average Bonchev–Trinajstić information content (AvgIpc) is 2.85. The van der Waals surface area contributed by atoms with Crippen LogP contribution in [0.15, 0.2) is 72.8 Å². The number of piperidine rings is 1. The first-order valence-electron chi connectivity index (χ1n) is 11.1. The van der Waals surface area contributed by atoms with Gasteiger partial charge in [-0.2, -0.15) is 0 Å². The number of anilines is 1. The van der Waals surface area contributed by atoms with Crippen LogP contribution in [0.5, 0.6) is 11.5 Å². The monoisotopic (exact) mass is 430 g/mol. The van der Waals surface area contributed by atoms with E-state index in [0.717, 1.165) is 60.8 Å². The number of carbonyl (C=O) groups excluding carboxylic acids is 1. The molecule has 166 valence electrons. The van der Waals surface area contributed by atoms with E-state index < -0.39 is 0 Å². The minimum Gasteiger partial charge on any atom is -0.497 e. The fourth-order valence-corrected chi connectivity index (χ4v) is 4.25. The number of methoxy groups -OCH3 is 2. The van der Waals surface area contributed by atoms with E-state index in [0.29, 0.717) is 0 Å². The molecule has 5 heteroatoms. The SMILES string of the molecule is COc1cccc(CN2CCC(C(=O)Nc3ccccc3-c3cccc(OC)c3)CC2)c1. The Morgan fingerprint density at radius 2 is 1.59 bits per heavy atom. The van der Waals surface area contributed by atoms with Gasteiger partial charge in [-0.3, -0.25) is 9.69 Å². The van der Waals surface area contributed by atoms with Crippen molar-refractivity contribution in [3.63, 3.8) is 0 Å². The van der Waals surface area contributed by atoms with E-state index in [9.17, 15) is 4.79 Å². The highest BCUT2D eigenvalue weighted by molar-refractivity contribution is 5.96. The highest BCUT2D eigenvalue weighted by Gasteiger charge is 2.25. The van der Waals surface area contributed by atoms with Gasteiger partial charge in [0.15, 0.2) is 0 Å². The highest BCUT2D eigenvalue weighted by Crippen LogP contribution is 2.31. The Balaban J connectivity index is 1.37. The van der Waals surface area contributed by atoms with Gasteiger partial charge in [-0.05, 0) is 67.4 Å². The minimum absolute atomic E-state index is 0.0231. The lowest BCUT2D eigenvalue weighted by Gasteiger charge is -2.31. The van der Waals surface area contributed by atoms with Crippen molar-refractivity contribution in [2.24, 2.45) is 5.92 Å². The number of para-hydroxylation sites is 1. The summed E-state index contributed by atoms with van der Waals surface area (Å²) >= 11 is 0. The number of benzene rings is 3. The standard InChI is InChI=1S/C27H30N2O3/c1-31-23-9-5-7-20(17-23)19-29-15-13-21(14-16-29)27(30)28-26-12-4-3-11-25(26)22-8-6-10-24(18-22)32-2/h3-12,17-18,21H,13-16,19H2,1-2H3,(H,28,30). The number of nitrogens with one attached hydrogen (secondary N) is 1. The molecular formula is C27H30N2O3. The molecule has 1 heterocycles. The molecule has 1 aliphatic heterocycles. The maximum Gasteiger partial charge on any atom is 0.227 e. The lowest BCUT2D eigenvalue weighted by molar-refractivity contribution is -0.121. The summed E-state index contributed by atoms with van der Waals surface area (Å²) in [6, 6.07) is 24.0. The number of likely N-dealkylation sites (tertiary alicyclic amines) is 1. The molecule has 1 aliphatic rings. The van der Waals surface area contributed by atoms with E-state index >= 15 is 0 Å². The fourth-order valence-electron chi connectivity index (χ4n) is 4.25. The van der Waals surface area contributed by atoms with Crippen LogP contribution in [0.4, 0.5) is 5.69 Å². The Hall–Kier alpha value is -3.31. The number of amides is 1. The van der Waals surface area contributed by atoms with Crippen LogP contribution in [-0.4, -0.2) is 38.1 Å². The molecule has 3 aromatic carbocycles. The summed E-state index contributed by atoms with van der Waals surface area (Å²) in [5.41, 5.74) is 4.09. The lowest BCUT2D eigenvalue weighted by atomic mass is 9.95. The molecule has 1 fully saturated rings. The van der Waals surface area contributed by atoms with Gasteiger partial charge >= 0.3 is 0 Å². The van der Waals surface area contributed by atoms with Crippen LogP contribution in [0.2, 0.25) is 0 Å². The van der Waals surface area contributed by atoms with Crippen LogP contribution in [0.3, 0.4) is 0 Å². The molecule has 0 bridgehead atoms. The van der Waals surface area contributed by atoms with Gasteiger partial charge < -0.3 is 14.8 Å². The van der Waals surface area contributed by atoms with Crippen molar-refractivity contribution in [3.8, 4) is 22.6 Å². The van der Waals surface area contributed by atoms with Crippen LogP contribution < -0.4 is 14.8 Å². The van der Waals surface area contributed by atoms with Gasteiger partial charge in [0, 0.05) is 23.7 Å². The number of ether oxygens (including phenoxy) is 2. The molecule has 0 saturated carbocycles. The van der Waals surface area contributed by atoms with Gasteiger partial charge in [0.2, 0.25) is 5.91 Å². The predicted octanol–water partition coefficient (Wildman–Crippen LogP) is 5.22. The van der Waals surface area contributed by atoms with Crippen LogP contribution in [0, 0.1) is 5.92 Å². The molecule has 4 rings (SSSR count). The number of carbonyl (C=O) groups is 1. The third-order valence-corrected chi connectivity index (χ3v) is 6.06. The molecule has 32 heavy (non-hydrogen) atoms. The first-order chi connectivity index (χ1) is 15.7. The predicted molar refractivity (Wildman–Crippen MR) is 128 cm³/mol. The normalized spacial score (nSPS) is 14.7. The molecule has 5 nitrogen and oxygen atoms in total. The van der Waals surface area contributed by atoms with Gasteiger partial charge in [0.05, 0.1) is 14.2 Å². The van der Waals surface area contributed by atoms with Crippen LogP contribution in [0.25, 0.3) is 11.1 Å². The summed E-state index contributed by atoms with van der Waals surface area (Å²) in [7, 11) is 3.35. The molecule has 0 aromatic heterocycles. The van der Waals surface area contributed by atoms with Gasteiger partial charge in [-0.15, -0.1) is 0 Å². The van der Waals surface area contributed by atoms with E-state index in [1.807, 2.05) is 60.7 Å². The Morgan fingerprint density at radius 1 is 0.906 bits per heavy atom. The summed E-state index contributed by atoms with van der Waals surface area (Å²) < 4.78 is 10.7. The zero-order valence-electron chi connectivity index (χ0n) is 18.7. The Labute approximate surface area is 190 Å². The second-order valence-corrected chi connectivity index (χ2v) is 8.17. The summed E-state index contributed by atoms with van der Waals surface area (Å²) in [6.45, 7) is 2.70. The first-order valence-corrected chi connectivity index (χ1v) is 11.1. The van der Waals surface area contributed by atoms with Gasteiger partial charge in [-0.1, -0.05) is 42.5 Å². The highest BCUT2D eigenvalue weighted by atomic mass is 16.5. The topological polar surface area (TPSA) is 50.8 Å². The second-order valence-electron chi connectivity index (χ2n) is 8.17. The lowest BCUT2D eigenvalue weighted by Crippen LogP contribution is -2.37. The zero-order valence-corrected chi connectivity index (χ0v) is 18.7. The first kappa shape index (κ1) is 21.9. The van der Waals surface area contributed by atoms with E-state index in [1.165, 1.54) is 5.56 Å². The summed E-state index contributed by atoms with van der Waals surface area (Å²) in [5.74, 6) is 1.80. The number of hydrogen-bond donors (Lipinski definition) is 1. The van der Waals surface area contributed by atoms with Crippen LogP contribution in [0.1, 0.15) is 18.4 Å². The van der Waals surface area contributed by atoms with Crippen molar-refractivity contribution in [2.75, 3.05) is 32.6 Å². The summed E-state index contributed by atoms with van der Waals surface area (Å²) in [4.78, 5) is 15.5. The minimum atomic E-state index is 0.0231. The van der Waals surface area contributed by atoms with Crippen molar-refractivity contribution >= 4 is 11.6 Å². The summed E-state index contributed by atoms with van der Waals surface area (Å²) in [6.07, 6.45) is 1.72. The van der Waals surface area contributed by atoms with Crippen molar-refractivity contribution in [3.05, 3.63) is 78.4 Å². The maximum absolute atomic E-state index is 13.1. The number of hydrogen-bond acceptors (Lipinski definition) is 4. The van der Waals surface area contributed by atoms with Crippen molar-refractivity contribution in [1.82, 2.24) is 4.90 Å². The van der Waals surface area contributed by atoms with Crippen molar-refractivity contribution < 1.29 is 14.3 Å². The Morgan fingerprint density at radius 3 is 2.34 bits per heavy atom. The Kier molecular flexibility index (Phi) is 7.07. The quantitative estimate of drug-likeness (QED) is 0.558. The molecule has 1 amide bonds. The van der Waals surface area contributed by atoms with Crippen LogP contribution >= 0.6 is 0 Å². The second kappa shape index (κ2) is 10.3. The maximum atomic E-state index is 13.1. The van der Waals surface area contributed by atoms with E-state index in [-0.39, 0.29) is 11.8 Å². The fraction of sp³-hybridized carbons (Fsp3) is 0.296. The van der Waals surface area contributed by atoms with E-state index in [1.54, 1.807) is 14.2 Å². The number of rotatable bonds is 7. The number of nitrogens with zero attached hydrogens (tertiary/aromatic N) is 1. The molecular weight excluding hydrogens is 400 g/mol. The third kappa shape index (κ3) is 5.29. The molecule has 3 aromatic rings. The molecule has 0 unspecified atom stereocenters. The zero-order chi connectivity index (χ0) is 22.3. The Bertz CT molecular complexity index is 1060. The third-order valence-electron chi connectivity index (χ3n) is 6.06. The molecule has 0 radical (unpaired) electrons. The molecule has 0 spiro atoms. The molecule has 0 aliphatic carbocycles. The molecule has 1 N–H and O–H groups in total. The van der Waals surface area contributed by atoms with Gasteiger partial charge in [-0.25, -0.2) is 0 Å². The molecule has 0 atom stereocenters. The van der Waals surface area contributed by atoms with E-state index in [2.05, 4.69) is 22.3 Å². The largest absolute Gasteiger partial charge is 0.497 e. The van der Waals surface area contributed by atoms with Crippen molar-refractivity contribution in [2.45, 2.75) is 19.4 Å². The molecule has 1 saturated heterocycles. The summed E-state index contributed by atoms with van der Waals surface area (Å²) in [5, 5.41) is 3.18. The smallest absolute Gasteiger partial charge is 0.227 e. The van der Waals surface area contributed by atoms with Gasteiger partial charge in [0.1, 0.15) is 11.5 Å². The van der Waals surface area contributed by atoms with Crippen LogP contribution in [-0.2, 0) is 11.3 Å².